The van der Waals surface area contributed by atoms with E-state index in [2.05, 4.69) is 44.9 Å². The van der Waals surface area contributed by atoms with E-state index in [-0.39, 0.29) is 42.3 Å². The number of carbonyl (C=O) groups is 4. The lowest BCUT2D eigenvalue weighted by atomic mass is 9.84. The van der Waals surface area contributed by atoms with Gasteiger partial charge in [0.25, 0.3) is 0 Å². The summed E-state index contributed by atoms with van der Waals surface area (Å²) in [6.45, 7) is 9.03. The second-order valence-corrected chi connectivity index (χ2v) is 18.2. The topological polar surface area (TPSA) is 175 Å². The summed E-state index contributed by atoms with van der Waals surface area (Å²) in [5.41, 5.74) is 7.24. The van der Waals surface area contributed by atoms with Crippen molar-refractivity contribution in [3.05, 3.63) is 59.4 Å². The number of benzene rings is 1. The summed E-state index contributed by atoms with van der Waals surface area (Å²) in [6.07, 6.45) is 10.1. The molecule has 0 radical (unpaired) electrons. The highest BCUT2D eigenvalue weighted by atomic mass is 32.1. The van der Waals surface area contributed by atoms with Crippen molar-refractivity contribution in [3.63, 3.8) is 0 Å². The fraction of sp³-hybridized carbons (Fsp3) is 0.545. The van der Waals surface area contributed by atoms with Gasteiger partial charge in [-0.3, -0.25) is 19.7 Å². The van der Waals surface area contributed by atoms with E-state index in [0.29, 0.717) is 24.9 Å². The second kappa shape index (κ2) is 16.9. The van der Waals surface area contributed by atoms with Crippen LogP contribution in [0.3, 0.4) is 0 Å². The molecule has 8 rings (SSSR count). The predicted molar refractivity (Wildman–Crippen MR) is 224 cm³/mol. The van der Waals surface area contributed by atoms with Crippen LogP contribution >= 0.6 is 11.3 Å². The van der Waals surface area contributed by atoms with Gasteiger partial charge < -0.3 is 34.6 Å². The van der Waals surface area contributed by atoms with Crippen molar-refractivity contribution in [2.75, 3.05) is 33.9 Å². The monoisotopic (exact) mass is 824 g/mol. The van der Waals surface area contributed by atoms with Crippen LogP contribution in [-0.2, 0) is 23.9 Å². The molecule has 1 aromatic carbocycles. The number of likely N-dealkylation sites (tertiary alicyclic amines) is 2. The van der Waals surface area contributed by atoms with Crippen molar-refractivity contribution < 1.29 is 28.7 Å². The van der Waals surface area contributed by atoms with Crippen LogP contribution in [0.5, 0.6) is 0 Å². The SMILES string of the molecule is COC(=O)CN[C@H](C(=O)N1CCC[C@H]1c1ncc(-c2ccc(-c3ccc(-c4cnc([C@@H]5CCCN5C(=O)[C@@H](NC(=O)OC)C(C)C)[nH]4)s3)c3c2C2CCC3C2)[nH]1)C(C)C. The highest BCUT2D eigenvalue weighted by Crippen LogP contribution is 2.59. The number of amides is 3. The van der Waals surface area contributed by atoms with E-state index in [1.54, 1.807) is 11.3 Å². The van der Waals surface area contributed by atoms with Crippen LogP contribution in [0.1, 0.15) is 119 Å². The Morgan fingerprint density at radius 2 is 1.31 bits per heavy atom. The van der Waals surface area contributed by atoms with Crippen LogP contribution in [0.4, 0.5) is 4.79 Å². The average molecular weight is 825 g/mol. The van der Waals surface area contributed by atoms with Gasteiger partial charge in [-0.15, -0.1) is 11.3 Å². The molecule has 2 aliphatic carbocycles. The lowest BCUT2D eigenvalue weighted by Crippen LogP contribution is -2.51. The number of nitrogens with zero attached hydrogens (tertiary/aromatic N) is 4. The number of rotatable bonds is 13. The van der Waals surface area contributed by atoms with Crippen molar-refractivity contribution >= 4 is 35.2 Å². The van der Waals surface area contributed by atoms with E-state index in [4.69, 9.17) is 19.4 Å². The first-order valence-electron chi connectivity index (χ1n) is 21.1. The van der Waals surface area contributed by atoms with Gasteiger partial charge in [-0.25, -0.2) is 14.8 Å². The number of nitrogens with one attached hydrogen (secondary N) is 4. The molecule has 2 unspecified atom stereocenters. The van der Waals surface area contributed by atoms with Crippen LogP contribution in [-0.4, -0.2) is 99.6 Å². The van der Waals surface area contributed by atoms with Crippen LogP contribution < -0.4 is 10.6 Å². The summed E-state index contributed by atoms with van der Waals surface area (Å²) in [6, 6.07) is 7.33. The molecule has 4 aromatic rings. The van der Waals surface area contributed by atoms with Gasteiger partial charge in [-0.2, -0.15) is 0 Å². The smallest absolute Gasteiger partial charge is 0.407 e. The van der Waals surface area contributed by atoms with Gasteiger partial charge in [0.1, 0.15) is 17.7 Å². The van der Waals surface area contributed by atoms with Crippen molar-refractivity contribution in [2.45, 2.75) is 109 Å². The molecule has 3 fully saturated rings. The third-order valence-corrected chi connectivity index (χ3v) is 14.0. The van der Waals surface area contributed by atoms with Crippen molar-refractivity contribution in [3.8, 4) is 32.3 Å². The van der Waals surface area contributed by atoms with Gasteiger partial charge >= 0.3 is 12.1 Å². The number of aromatic amines is 2. The summed E-state index contributed by atoms with van der Waals surface area (Å²) in [5, 5.41) is 5.85. The Bertz CT molecular complexity index is 2210. The van der Waals surface area contributed by atoms with Crippen molar-refractivity contribution in [2.24, 2.45) is 11.8 Å². The van der Waals surface area contributed by atoms with Gasteiger partial charge in [0.05, 0.1) is 67.5 Å². The molecule has 314 valence electrons. The Morgan fingerprint density at radius 3 is 1.92 bits per heavy atom. The average Bonchev–Trinajstić information content (AvgIpc) is 4.08. The summed E-state index contributed by atoms with van der Waals surface area (Å²) in [5.74, 6) is 1.91. The molecule has 3 amide bonds. The highest BCUT2D eigenvalue weighted by molar-refractivity contribution is 7.18. The number of alkyl carbamates (subject to hydrolysis) is 1. The number of aromatic nitrogens is 4. The maximum Gasteiger partial charge on any atom is 0.407 e. The first-order valence-corrected chi connectivity index (χ1v) is 21.9. The molecule has 14 nitrogen and oxygen atoms in total. The van der Waals surface area contributed by atoms with Crippen LogP contribution in [0, 0.1) is 11.8 Å². The molecule has 2 bridgehead atoms. The molecule has 5 heterocycles. The van der Waals surface area contributed by atoms with E-state index >= 15 is 0 Å². The molecule has 15 heteroatoms. The Hall–Kier alpha value is -5.02. The molecular formula is C44H56N8O6S. The lowest BCUT2D eigenvalue weighted by molar-refractivity contribution is -0.141. The zero-order valence-corrected chi connectivity index (χ0v) is 35.6. The third-order valence-electron chi connectivity index (χ3n) is 12.9. The van der Waals surface area contributed by atoms with Gasteiger partial charge in [0.15, 0.2) is 0 Å². The largest absolute Gasteiger partial charge is 0.468 e. The highest BCUT2D eigenvalue weighted by Gasteiger charge is 2.42. The number of thiophene rings is 1. The molecule has 0 spiro atoms. The minimum Gasteiger partial charge on any atom is -0.468 e. The first-order chi connectivity index (χ1) is 28.5. The van der Waals surface area contributed by atoms with E-state index < -0.39 is 24.1 Å². The quantitative estimate of drug-likeness (QED) is 0.103. The Labute approximate surface area is 349 Å². The fourth-order valence-electron chi connectivity index (χ4n) is 9.93. The van der Waals surface area contributed by atoms with Gasteiger partial charge in [-0.05, 0) is 97.4 Å². The number of fused-ring (bicyclic) bond motifs is 5. The molecule has 59 heavy (non-hydrogen) atoms. The number of esters is 1. The number of imidazole rings is 2. The van der Waals surface area contributed by atoms with Crippen LogP contribution in [0.25, 0.3) is 32.3 Å². The fourth-order valence-corrected chi connectivity index (χ4v) is 10.9. The predicted octanol–water partition coefficient (Wildman–Crippen LogP) is 7.05. The Morgan fingerprint density at radius 1 is 0.746 bits per heavy atom. The molecule has 4 N–H and O–H groups in total. The summed E-state index contributed by atoms with van der Waals surface area (Å²) in [4.78, 5) is 74.4. The standard InChI is InChI=1S/C44H56N8O6S/c1-23(2)38(45-22-35(53)57-5)42(54)51-17-7-9-31(51)40-46-20-29(48-40)27-13-14-28(37-26-12-11-25(19-26)36(27)37)33-15-16-34(59-33)30-21-47-41(49-30)32-10-8-18-52(32)43(55)39(24(3)4)50-44(56)58-6/h13-16,20-21,23-26,31-32,38-39,45H,7-12,17-19,22H2,1-6H3,(H,46,48)(H,47,49)(H,50,56)/t25?,26?,31-,32-,38-,39-/m0/s1. The number of ether oxygens (including phenoxy) is 2. The first kappa shape index (κ1) is 40.7. The van der Waals surface area contributed by atoms with E-state index in [1.807, 2.05) is 49.9 Å². The maximum absolute atomic E-state index is 13.9. The second-order valence-electron chi connectivity index (χ2n) is 17.1. The number of H-pyrrole nitrogens is 2. The van der Waals surface area contributed by atoms with Gasteiger partial charge in [-0.1, -0.05) is 39.8 Å². The molecule has 2 aliphatic heterocycles. The molecule has 1 saturated carbocycles. The molecule has 4 aliphatic rings. The summed E-state index contributed by atoms with van der Waals surface area (Å²) >= 11 is 1.75. The third kappa shape index (κ3) is 7.79. The number of hydrogen-bond acceptors (Lipinski definition) is 10. The maximum atomic E-state index is 13.9. The van der Waals surface area contributed by atoms with Crippen LogP contribution in [0.15, 0.2) is 36.7 Å². The molecule has 3 aromatic heterocycles. The minimum atomic E-state index is -0.684. The number of methoxy groups -OCH3 is 2. The zero-order valence-electron chi connectivity index (χ0n) is 34.8. The molecular weight excluding hydrogens is 769 g/mol. The van der Waals surface area contributed by atoms with Crippen LogP contribution in [0.2, 0.25) is 0 Å². The van der Waals surface area contributed by atoms with Crippen molar-refractivity contribution in [1.82, 2.24) is 40.4 Å². The normalized spacial score (nSPS) is 22.0. The van der Waals surface area contributed by atoms with Gasteiger partial charge in [0, 0.05) is 23.5 Å². The molecule has 2 saturated heterocycles. The van der Waals surface area contributed by atoms with E-state index in [9.17, 15) is 19.2 Å². The summed E-state index contributed by atoms with van der Waals surface area (Å²) in [7, 11) is 2.65. The molecule has 6 atom stereocenters. The minimum absolute atomic E-state index is 0.00419. The number of carbonyl (C=O) groups excluding carboxylic acids is 4. The van der Waals surface area contributed by atoms with Gasteiger partial charge in [0.2, 0.25) is 11.8 Å². The zero-order chi connectivity index (χ0) is 41.5. The Balaban J connectivity index is 1.02. The summed E-state index contributed by atoms with van der Waals surface area (Å²) < 4.78 is 9.60. The lowest BCUT2D eigenvalue weighted by Gasteiger charge is -2.30. The number of hydrogen-bond donors (Lipinski definition) is 4. The Kier molecular flexibility index (Phi) is 11.7. The van der Waals surface area contributed by atoms with Crippen molar-refractivity contribution in [1.29, 1.82) is 0 Å². The van der Waals surface area contributed by atoms with E-state index in [1.165, 1.54) is 54.2 Å². The van der Waals surface area contributed by atoms with E-state index in [0.717, 1.165) is 60.0 Å².